The van der Waals surface area contributed by atoms with Crippen molar-refractivity contribution in [1.29, 1.82) is 0 Å². The maximum absolute atomic E-state index is 12.0. The lowest BCUT2D eigenvalue weighted by Crippen LogP contribution is -2.45. The van der Waals surface area contributed by atoms with Crippen LogP contribution in [0.5, 0.6) is 0 Å². The highest BCUT2D eigenvalue weighted by Crippen LogP contribution is 2.24. The van der Waals surface area contributed by atoms with Gasteiger partial charge in [0.2, 0.25) is 5.91 Å². The molecule has 0 spiro atoms. The van der Waals surface area contributed by atoms with E-state index in [-0.39, 0.29) is 12.3 Å². The van der Waals surface area contributed by atoms with Gasteiger partial charge in [-0.15, -0.1) is 0 Å². The zero-order chi connectivity index (χ0) is 15.3. The molecule has 6 heteroatoms. The van der Waals surface area contributed by atoms with Crippen LogP contribution in [-0.2, 0) is 16.0 Å². The average molecular weight is 318 g/mol. The monoisotopic (exact) mass is 317 g/mol. The zero-order valence-electron chi connectivity index (χ0n) is 11.3. The fraction of sp³-hybridized carbons (Fsp3) is 0.429. The lowest BCUT2D eigenvalue weighted by atomic mass is 9.99. The van der Waals surface area contributed by atoms with Gasteiger partial charge in [-0.1, -0.05) is 49.5 Å². The van der Waals surface area contributed by atoms with Crippen molar-refractivity contribution in [2.75, 3.05) is 0 Å². The summed E-state index contributed by atoms with van der Waals surface area (Å²) in [5.74, 6) is -1.61. The van der Waals surface area contributed by atoms with Gasteiger partial charge < -0.3 is 10.4 Å². The Balaban J connectivity index is 2.79. The molecule has 0 aliphatic rings. The third-order valence-corrected chi connectivity index (χ3v) is 3.90. The van der Waals surface area contributed by atoms with E-state index in [2.05, 4.69) is 5.32 Å². The molecule has 1 amide bonds. The van der Waals surface area contributed by atoms with E-state index in [9.17, 15) is 9.59 Å². The smallest absolute Gasteiger partial charge is 0.326 e. The summed E-state index contributed by atoms with van der Waals surface area (Å²) in [5.41, 5.74) is 0.502. The van der Waals surface area contributed by atoms with Gasteiger partial charge in [0.1, 0.15) is 6.04 Å². The van der Waals surface area contributed by atoms with Crippen molar-refractivity contribution < 1.29 is 14.7 Å². The molecule has 1 aromatic rings. The highest BCUT2D eigenvalue weighted by atomic mass is 35.5. The van der Waals surface area contributed by atoms with Crippen molar-refractivity contribution in [3.8, 4) is 0 Å². The van der Waals surface area contributed by atoms with Crippen LogP contribution < -0.4 is 5.32 Å². The molecule has 0 saturated heterocycles. The van der Waals surface area contributed by atoms with E-state index in [1.54, 1.807) is 25.1 Å². The fourth-order valence-corrected chi connectivity index (χ4v) is 2.30. The number of carboxylic acids is 1. The van der Waals surface area contributed by atoms with Crippen LogP contribution in [0.25, 0.3) is 0 Å². The second kappa shape index (κ2) is 7.50. The molecule has 110 valence electrons. The Morgan fingerprint density at radius 1 is 1.30 bits per heavy atom. The highest BCUT2D eigenvalue weighted by Gasteiger charge is 2.25. The van der Waals surface area contributed by atoms with Crippen molar-refractivity contribution in [3.05, 3.63) is 33.8 Å². The number of halogens is 2. The normalized spacial score (nSPS) is 13.6. The van der Waals surface area contributed by atoms with Crippen molar-refractivity contribution in [2.24, 2.45) is 5.92 Å². The number of aliphatic carboxylic acids is 1. The Bertz CT molecular complexity index is 485. The molecule has 0 fully saturated rings. The number of hydrogen-bond acceptors (Lipinski definition) is 2. The maximum Gasteiger partial charge on any atom is 0.326 e. The largest absolute Gasteiger partial charge is 0.480 e. The van der Waals surface area contributed by atoms with Crippen LogP contribution in [0.15, 0.2) is 18.2 Å². The van der Waals surface area contributed by atoms with E-state index in [1.807, 2.05) is 6.92 Å². The minimum atomic E-state index is -1.04. The second-order valence-corrected chi connectivity index (χ2v) is 5.46. The van der Waals surface area contributed by atoms with Gasteiger partial charge in [0.25, 0.3) is 0 Å². The van der Waals surface area contributed by atoms with E-state index < -0.39 is 17.9 Å². The lowest BCUT2D eigenvalue weighted by Gasteiger charge is -2.20. The third-order valence-electron chi connectivity index (χ3n) is 3.19. The van der Waals surface area contributed by atoms with Crippen molar-refractivity contribution in [1.82, 2.24) is 5.32 Å². The van der Waals surface area contributed by atoms with Crippen LogP contribution in [0.2, 0.25) is 10.0 Å². The first-order valence-electron chi connectivity index (χ1n) is 6.31. The molecule has 0 heterocycles. The number of carbonyl (C=O) groups is 2. The average Bonchev–Trinajstić information content (AvgIpc) is 2.39. The number of hydrogen-bond donors (Lipinski definition) is 2. The molecule has 2 atom stereocenters. The summed E-state index contributed by atoms with van der Waals surface area (Å²) >= 11 is 12.0. The van der Waals surface area contributed by atoms with Crippen LogP contribution in [0.3, 0.4) is 0 Å². The zero-order valence-corrected chi connectivity index (χ0v) is 12.8. The summed E-state index contributed by atoms with van der Waals surface area (Å²) in [5, 5.41) is 12.4. The first-order chi connectivity index (χ1) is 9.36. The van der Waals surface area contributed by atoms with Crippen LogP contribution in [0.1, 0.15) is 25.8 Å². The number of carbonyl (C=O) groups excluding carboxylic acids is 1. The van der Waals surface area contributed by atoms with Gasteiger partial charge in [0.05, 0.1) is 6.42 Å². The quantitative estimate of drug-likeness (QED) is 0.847. The Kier molecular flexibility index (Phi) is 6.30. The van der Waals surface area contributed by atoms with Crippen LogP contribution in [0, 0.1) is 5.92 Å². The summed E-state index contributed by atoms with van der Waals surface area (Å²) in [7, 11) is 0. The summed E-state index contributed by atoms with van der Waals surface area (Å²) in [4.78, 5) is 23.1. The topological polar surface area (TPSA) is 66.4 Å². The lowest BCUT2D eigenvalue weighted by molar-refractivity contribution is -0.143. The van der Waals surface area contributed by atoms with Gasteiger partial charge in [-0.2, -0.15) is 0 Å². The van der Waals surface area contributed by atoms with Crippen molar-refractivity contribution in [3.63, 3.8) is 0 Å². The molecule has 20 heavy (non-hydrogen) atoms. The third kappa shape index (κ3) is 4.39. The van der Waals surface area contributed by atoms with Crippen molar-refractivity contribution >= 4 is 35.1 Å². The van der Waals surface area contributed by atoms with Crippen LogP contribution in [-0.4, -0.2) is 23.0 Å². The number of carboxylic acid groups (broad SMARTS) is 1. The maximum atomic E-state index is 12.0. The number of nitrogens with one attached hydrogen (secondary N) is 1. The van der Waals surface area contributed by atoms with Gasteiger partial charge in [-0.25, -0.2) is 4.79 Å². The van der Waals surface area contributed by atoms with Gasteiger partial charge in [0, 0.05) is 10.0 Å². The molecule has 0 aliphatic carbocycles. The summed E-state index contributed by atoms with van der Waals surface area (Å²) < 4.78 is 0. The van der Waals surface area contributed by atoms with Gasteiger partial charge in [-0.3, -0.25) is 4.79 Å². The Morgan fingerprint density at radius 2 is 1.85 bits per heavy atom. The molecule has 0 aliphatic heterocycles. The predicted molar refractivity (Wildman–Crippen MR) is 79.2 cm³/mol. The SMILES string of the molecule is CC[C@H](C)[C@H](NC(=O)Cc1c(Cl)cccc1Cl)C(=O)O. The van der Waals surface area contributed by atoms with Gasteiger partial charge in [-0.05, 0) is 23.6 Å². The molecular formula is C14H17Cl2NO3. The molecule has 0 aromatic heterocycles. The van der Waals surface area contributed by atoms with E-state index >= 15 is 0 Å². The summed E-state index contributed by atoms with van der Waals surface area (Å²) in [6.07, 6.45) is 0.614. The molecule has 0 bridgehead atoms. The highest BCUT2D eigenvalue weighted by molar-refractivity contribution is 6.36. The molecule has 0 radical (unpaired) electrons. The Labute approximate surface area is 128 Å². The molecule has 2 N–H and O–H groups in total. The van der Waals surface area contributed by atoms with E-state index in [1.165, 1.54) is 0 Å². The first-order valence-corrected chi connectivity index (χ1v) is 7.07. The first kappa shape index (κ1) is 16.8. The fourth-order valence-electron chi connectivity index (χ4n) is 1.77. The minimum absolute atomic E-state index is 0.0429. The standard InChI is InChI=1S/C14H17Cl2NO3/c1-3-8(2)13(14(19)20)17-12(18)7-9-10(15)5-4-6-11(9)16/h4-6,8,13H,3,7H2,1-2H3,(H,17,18)(H,19,20)/t8-,13-/m0/s1. The predicted octanol–water partition coefficient (Wildman–Crippen LogP) is 3.15. The van der Waals surface area contributed by atoms with Crippen molar-refractivity contribution in [2.45, 2.75) is 32.7 Å². The van der Waals surface area contributed by atoms with Crippen LogP contribution in [0.4, 0.5) is 0 Å². The Morgan fingerprint density at radius 3 is 2.30 bits per heavy atom. The second-order valence-electron chi connectivity index (χ2n) is 4.65. The van der Waals surface area contributed by atoms with Gasteiger partial charge >= 0.3 is 5.97 Å². The molecule has 0 saturated carbocycles. The molecular weight excluding hydrogens is 301 g/mol. The molecule has 4 nitrogen and oxygen atoms in total. The molecule has 1 aromatic carbocycles. The van der Waals surface area contributed by atoms with Gasteiger partial charge in [0.15, 0.2) is 0 Å². The number of amides is 1. The molecule has 0 unspecified atom stereocenters. The number of rotatable bonds is 6. The summed E-state index contributed by atoms with van der Waals surface area (Å²) in [6, 6.07) is 4.05. The molecule has 1 rings (SSSR count). The van der Waals surface area contributed by atoms with E-state index in [0.717, 1.165) is 0 Å². The van der Waals surface area contributed by atoms with E-state index in [4.69, 9.17) is 28.3 Å². The minimum Gasteiger partial charge on any atom is -0.480 e. The van der Waals surface area contributed by atoms with Crippen LogP contribution >= 0.6 is 23.2 Å². The summed E-state index contributed by atoms with van der Waals surface area (Å²) in [6.45, 7) is 3.65. The number of benzene rings is 1. The van der Waals surface area contributed by atoms with E-state index in [0.29, 0.717) is 22.0 Å². The Hall–Kier alpha value is -1.26.